The number of benzene rings is 2. The lowest BCUT2D eigenvalue weighted by Gasteiger charge is -2.11. The number of aromatic carboxylic acids is 1. The molecule has 0 heterocycles. The van der Waals surface area contributed by atoms with Gasteiger partial charge >= 0.3 is 5.97 Å². The number of hydrogen-bond donors (Lipinski definition) is 2. The molecule has 0 aliphatic carbocycles. The molecule has 0 radical (unpaired) electrons. The Labute approximate surface area is 154 Å². The van der Waals surface area contributed by atoms with Crippen molar-refractivity contribution in [2.45, 2.75) is 19.8 Å². The van der Waals surface area contributed by atoms with Gasteiger partial charge in [0.2, 0.25) is 0 Å². The summed E-state index contributed by atoms with van der Waals surface area (Å²) in [5.41, 5.74) is 1.04. The molecule has 7 nitrogen and oxygen atoms in total. The van der Waals surface area contributed by atoms with Crippen molar-refractivity contribution in [1.29, 1.82) is 0 Å². The Hall–Kier alpha value is -2.55. The number of ketones is 1. The maximum absolute atomic E-state index is 12.6. The second kappa shape index (κ2) is 11.1. The second-order valence-electron chi connectivity index (χ2n) is 5.17. The number of hydrogen-bond acceptors (Lipinski definition) is 5. The lowest BCUT2D eigenvalue weighted by atomic mass is 10.0. The van der Waals surface area contributed by atoms with E-state index >= 15 is 0 Å². The van der Waals surface area contributed by atoms with E-state index in [1.54, 1.807) is 24.3 Å². The van der Waals surface area contributed by atoms with Crippen LogP contribution in [-0.2, 0) is 11.3 Å². The number of unbranched alkanes of at least 4 members (excludes halogenated alkanes) is 1. The van der Waals surface area contributed by atoms with Crippen LogP contribution in [0.2, 0.25) is 0 Å². The first-order valence-electron chi connectivity index (χ1n) is 7.80. The average molecular weight is 378 g/mol. The molecule has 1 atom stereocenters. The molecule has 2 aromatic rings. The zero-order chi connectivity index (χ0) is 19.5. The third kappa shape index (κ3) is 7.14. The van der Waals surface area contributed by atoms with Crippen LogP contribution in [0.1, 0.15) is 46.0 Å². The van der Waals surface area contributed by atoms with E-state index in [2.05, 4.69) is 5.14 Å². The van der Waals surface area contributed by atoms with Crippen molar-refractivity contribution in [3.8, 4) is 5.75 Å². The van der Waals surface area contributed by atoms with Crippen LogP contribution in [0, 0.1) is 0 Å². The van der Waals surface area contributed by atoms with Gasteiger partial charge in [-0.05, 0) is 24.6 Å². The Morgan fingerprint density at radius 1 is 1.15 bits per heavy atom. The number of ether oxygens (including phenoxy) is 1. The normalized spacial score (nSPS) is 11.0. The summed E-state index contributed by atoms with van der Waals surface area (Å²) >= 11 is -2.36. The monoisotopic (exact) mass is 378 g/mol. The fraction of sp³-hybridized carbons (Fsp3) is 0.222. The molecule has 0 aliphatic rings. The molecule has 0 fully saturated rings. The Morgan fingerprint density at radius 3 is 2.31 bits per heavy atom. The van der Waals surface area contributed by atoms with Crippen LogP contribution in [0.15, 0.2) is 48.5 Å². The van der Waals surface area contributed by atoms with Crippen LogP contribution >= 0.6 is 0 Å². The summed E-state index contributed by atoms with van der Waals surface area (Å²) in [7, 11) is 0. The van der Waals surface area contributed by atoms with Gasteiger partial charge in [0.25, 0.3) is 0 Å². The van der Waals surface area contributed by atoms with Crippen LogP contribution in [0.5, 0.6) is 5.75 Å². The van der Waals surface area contributed by atoms with E-state index in [0.717, 1.165) is 12.8 Å². The molecule has 140 valence electrons. The van der Waals surface area contributed by atoms with Crippen molar-refractivity contribution in [1.82, 2.24) is 0 Å². The van der Waals surface area contributed by atoms with Crippen molar-refractivity contribution in [3.63, 3.8) is 0 Å². The minimum Gasteiger partial charge on any atom is -0.760 e. The van der Waals surface area contributed by atoms with E-state index in [1.165, 1.54) is 18.2 Å². The second-order valence-corrected chi connectivity index (χ2v) is 5.69. The first-order chi connectivity index (χ1) is 12.4. The van der Waals surface area contributed by atoms with Crippen LogP contribution in [0.25, 0.3) is 0 Å². The molecule has 2 aromatic carbocycles. The van der Waals surface area contributed by atoms with E-state index in [-0.39, 0.29) is 11.3 Å². The zero-order valence-electron chi connectivity index (χ0n) is 14.2. The Bertz CT molecular complexity index is 760. The van der Waals surface area contributed by atoms with E-state index in [4.69, 9.17) is 18.6 Å². The SMILES string of the molecule is CCCCOc1cc(C(=O)O)ccc1C(=O)c1ccccc1.NS(=O)[O-]. The Balaban J connectivity index is 0.000000765. The highest BCUT2D eigenvalue weighted by molar-refractivity contribution is 7.76. The van der Waals surface area contributed by atoms with Gasteiger partial charge in [0.15, 0.2) is 5.78 Å². The predicted octanol–water partition coefficient (Wildman–Crippen LogP) is 2.53. The summed E-state index contributed by atoms with van der Waals surface area (Å²) in [5.74, 6) is -0.898. The molecule has 0 aromatic heterocycles. The average Bonchev–Trinajstić information content (AvgIpc) is 2.61. The van der Waals surface area contributed by atoms with Crippen molar-refractivity contribution >= 4 is 23.0 Å². The highest BCUT2D eigenvalue weighted by Crippen LogP contribution is 2.24. The number of rotatable bonds is 7. The summed E-state index contributed by atoms with van der Waals surface area (Å²) in [6, 6.07) is 13.2. The van der Waals surface area contributed by atoms with Gasteiger partial charge in [-0.15, -0.1) is 0 Å². The molecule has 0 saturated heterocycles. The number of carbonyl (C=O) groups excluding carboxylic acids is 1. The van der Waals surface area contributed by atoms with Crippen LogP contribution < -0.4 is 9.88 Å². The summed E-state index contributed by atoms with van der Waals surface area (Å²) in [6.07, 6.45) is 1.80. The van der Waals surface area contributed by atoms with Crippen molar-refractivity contribution in [2.75, 3.05) is 6.61 Å². The van der Waals surface area contributed by atoms with Gasteiger partial charge in [-0.3, -0.25) is 14.1 Å². The summed E-state index contributed by atoms with van der Waals surface area (Å²) in [4.78, 5) is 23.6. The Kier molecular flexibility index (Phi) is 9.21. The zero-order valence-corrected chi connectivity index (χ0v) is 15.0. The molecule has 0 amide bonds. The highest BCUT2D eigenvalue weighted by Gasteiger charge is 2.17. The third-order valence-corrected chi connectivity index (χ3v) is 3.26. The smallest absolute Gasteiger partial charge is 0.335 e. The molecule has 2 rings (SSSR count). The maximum atomic E-state index is 12.6. The quantitative estimate of drug-likeness (QED) is 0.432. The molecule has 0 saturated carbocycles. The van der Waals surface area contributed by atoms with Gasteiger partial charge in [0.05, 0.1) is 17.7 Å². The summed E-state index contributed by atoms with van der Waals surface area (Å²) in [6.45, 7) is 2.49. The minimum atomic E-state index is -2.36. The number of carboxylic acid groups (broad SMARTS) is 1. The van der Waals surface area contributed by atoms with Gasteiger partial charge in [0, 0.05) is 16.8 Å². The van der Waals surface area contributed by atoms with Crippen molar-refractivity contribution in [3.05, 3.63) is 65.2 Å². The third-order valence-electron chi connectivity index (χ3n) is 3.26. The fourth-order valence-electron chi connectivity index (χ4n) is 2.03. The number of carbonyl (C=O) groups is 2. The number of carboxylic acids is 1. The van der Waals surface area contributed by atoms with E-state index in [1.807, 2.05) is 13.0 Å². The van der Waals surface area contributed by atoms with Crippen LogP contribution in [-0.4, -0.2) is 32.2 Å². The topological polar surface area (TPSA) is 130 Å². The van der Waals surface area contributed by atoms with Crippen LogP contribution in [0.3, 0.4) is 0 Å². The van der Waals surface area contributed by atoms with Gasteiger partial charge in [-0.2, -0.15) is 0 Å². The number of nitrogens with two attached hydrogens (primary N) is 1. The Morgan fingerprint density at radius 2 is 1.77 bits per heavy atom. The molecule has 26 heavy (non-hydrogen) atoms. The predicted molar refractivity (Wildman–Crippen MR) is 96.8 cm³/mol. The molecule has 3 N–H and O–H groups in total. The summed E-state index contributed by atoms with van der Waals surface area (Å²) < 4.78 is 23.2. The molecule has 0 spiro atoms. The molecule has 0 bridgehead atoms. The molecule has 0 aliphatic heterocycles. The van der Waals surface area contributed by atoms with E-state index < -0.39 is 17.2 Å². The van der Waals surface area contributed by atoms with E-state index in [0.29, 0.717) is 23.5 Å². The lowest BCUT2D eigenvalue weighted by molar-refractivity contribution is 0.0695. The minimum absolute atomic E-state index is 0.108. The molecule has 8 heteroatoms. The first kappa shape index (κ1) is 21.5. The molecule has 1 unspecified atom stereocenters. The lowest BCUT2D eigenvalue weighted by Crippen LogP contribution is -2.08. The fourth-order valence-corrected chi connectivity index (χ4v) is 2.03. The van der Waals surface area contributed by atoms with Gasteiger partial charge < -0.3 is 14.4 Å². The molecular weight excluding hydrogens is 358 g/mol. The first-order valence-corrected chi connectivity index (χ1v) is 8.94. The van der Waals surface area contributed by atoms with Gasteiger partial charge in [-0.1, -0.05) is 43.7 Å². The van der Waals surface area contributed by atoms with Crippen LogP contribution in [0.4, 0.5) is 0 Å². The summed E-state index contributed by atoms with van der Waals surface area (Å²) in [5, 5.41) is 13.1. The van der Waals surface area contributed by atoms with E-state index in [9.17, 15) is 9.59 Å². The highest BCUT2D eigenvalue weighted by atomic mass is 32.2. The van der Waals surface area contributed by atoms with Gasteiger partial charge in [-0.25, -0.2) is 4.79 Å². The van der Waals surface area contributed by atoms with Gasteiger partial charge in [0.1, 0.15) is 5.75 Å². The molecular formula is C18H20NO6S-. The maximum Gasteiger partial charge on any atom is 0.335 e. The largest absolute Gasteiger partial charge is 0.760 e. The van der Waals surface area contributed by atoms with Crippen molar-refractivity contribution < 1.29 is 28.2 Å². The van der Waals surface area contributed by atoms with Crippen molar-refractivity contribution in [2.24, 2.45) is 5.14 Å². The standard InChI is InChI=1S/C18H18O4.H3NO2S/c1-2-3-11-22-16-12-14(18(20)21)9-10-15(16)17(19)13-7-5-4-6-8-13;1-4(2)3/h4-10,12H,2-3,11H2,1H3,(H,20,21);1H2,(H,2,3)/p-1.